The maximum Gasteiger partial charge on any atom is 0.222 e. The van der Waals surface area contributed by atoms with Crippen LogP contribution >= 0.6 is 0 Å². The van der Waals surface area contributed by atoms with Gasteiger partial charge in [-0.3, -0.25) is 4.79 Å². The van der Waals surface area contributed by atoms with E-state index in [0.717, 1.165) is 45.6 Å². The molecule has 0 radical (unpaired) electrons. The van der Waals surface area contributed by atoms with E-state index in [1.165, 1.54) is 6.42 Å². The molecule has 0 aliphatic carbocycles. The third-order valence-corrected chi connectivity index (χ3v) is 4.08. The summed E-state index contributed by atoms with van der Waals surface area (Å²) in [6.07, 6.45) is 4.12. The summed E-state index contributed by atoms with van der Waals surface area (Å²) in [6, 6.07) is 1.16. The molecule has 1 N–H and O–H groups in total. The number of piperidine rings is 1. The zero-order chi connectivity index (χ0) is 11.0. The van der Waals surface area contributed by atoms with Gasteiger partial charge in [-0.05, 0) is 25.2 Å². The second-order valence-corrected chi connectivity index (χ2v) is 5.35. The Balaban J connectivity index is 1.48. The summed E-state index contributed by atoms with van der Waals surface area (Å²) < 4.78 is 5.32. The van der Waals surface area contributed by atoms with E-state index in [0.29, 0.717) is 23.9 Å². The first-order valence-electron chi connectivity index (χ1n) is 6.43. The van der Waals surface area contributed by atoms with Crippen LogP contribution in [0.1, 0.15) is 25.7 Å². The first kappa shape index (κ1) is 10.5. The smallest absolute Gasteiger partial charge is 0.222 e. The number of hydrogen-bond acceptors (Lipinski definition) is 3. The van der Waals surface area contributed by atoms with Crippen LogP contribution in [-0.2, 0) is 9.53 Å². The first-order chi connectivity index (χ1) is 7.81. The molecule has 2 atom stereocenters. The lowest BCUT2D eigenvalue weighted by Gasteiger charge is -2.48. The number of piperazine rings is 1. The number of nitrogens with zero attached hydrogens (tertiary/aromatic N) is 1. The fourth-order valence-electron chi connectivity index (χ4n) is 3.04. The molecule has 16 heavy (non-hydrogen) atoms. The van der Waals surface area contributed by atoms with E-state index in [9.17, 15) is 4.79 Å². The van der Waals surface area contributed by atoms with Gasteiger partial charge in [-0.1, -0.05) is 0 Å². The third-order valence-electron chi connectivity index (χ3n) is 4.08. The molecule has 4 aliphatic heterocycles. The van der Waals surface area contributed by atoms with Crippen molar-refractivity contribution in [3.8, 4) is 0 Å². The van der Waals surface area contributed by atoms with Gasteiger partial charge in [0.25, 0.3) is 0 Å². The van der Waals surface area contributed by atoms with Crippen molar-refractivity contribution in [2.75, 3.05) is 26.3 Å². The second kappa shape index (κ2) is 4.34. The number of ether oxygens (including phenoxy) is 1. The highest BCUT2D eigenvalue weighted by molar-refractivity contribution is 5.76. The number of amides is 1. The van der Waals surface area contributed by atoms with Gasteiger partial charge in [0.05, 0.1) is 0 Å². The molecule has 0 saturated carbocycles. The van der Waals surface area contributed by atoms with E-state index in [-0.39, 0.29) is 0 Å². The monoisotopic (exact) mass is 224 g/mol. The number of carbonyl (C=O) groups is 1. The molecule has 90 valence electrons. The van der Waals surface area contributed by atoms with Gasteiger partial charge in [0.2, 0.25) is 5.91 Å². The van der Waals surface area contributed by atoms with Gasteiger partial charge in [0.15, 0.2) is 0 Å². The van der Waals surface area contributed by atoms with Gasteiger partial charge in [-0.25, -0.2) is 0 Å². The molecule has 0 aromatic rings. The Hall–Kier alpha value is -0.610. The molecule has 4 heteroatoms. The maximum absolute atomic E-state index is 12.1. The van der Waals surface area contributed by atoms with Crippen molar-refractivity contribution in [3.63, 3.8) is 0 Å². The van der Waals surface area contributed by atoms with Crippen LogP contribution in [0.3, 0.4) is 0 Å². The Morgan fingerprint density at radius 3 is 2.50 bits per heavy atom. The molecule has 0 aromatic carbocycles. The highest BCUT2D eigenvalue weighted by Gasteiger charge is 2.38. The standard InChI is InChI=1S/C12H20N2O2/c15-12(5-9-1-3-16-4-2-9)14-7-10-6-11(8-14)13-10/h9-11,13H,1-8H2. The molecule has 4 heterocycles. The molecular weight excluding hydrogens is 204 g/mol. The zero-order valence-electron chi connectivity index (χ0n) is 9.65. The SMILES string of the molecule is O=C(CC1CCOCC1)N1CC2CC(C1)N2. The van der Waals surface area contributed by atoms with Crippen LogP contribution < -0.4 is 5.32 Å². The summed E-state index contributed by atoms with van der Waals surface area (Å²) in [5.74, 6) is 0.926. The van der Waals surface area contributed by atoms with Crippen molar-refractivity contribution in [2.24, 2.45) is 5.92 Å². The number of carbonyl (C=O) groups excluding carboxylic acids is 1. The topological polar surface area (TPSA) is 41.6 Å². The van der Waals surface area contributed by atoms with Crippen molar-refractivity contribution in [2.45, 2.75) is 37.8 Å². The molecule has 4 aliphatic rings. The van der Waals surface area contributed by atoms with Gasteiger partial charge in [-0.2, -0.15) is 0 Å². The van der Waals surface area contributed by atoms with Crippen LogP contribution in [0.15, 0.2) is 0 Å². The summed E-state index contributed by atoms with van der Waals surface area (Å²) in [6.45, 7) is 3.53. The van der Waals surface area contributed by atoms with Crippen molar-refractivity contribution in [1.82, 2.24) is 10.2 Å². The number of fused-ring (bicyclic) bond motifs is 2. The minimum atomic E-state index is 0.364. The predicted molar refractivity (Wildman–Crippen MR) is 60.1 cm³/mol. The Bertz CT molecular complexity index is 260. The van der Waals surface area contributed by atoms with Gasteiger partial charge < -0.3 is 15.0 Å². The van der Waals surface area contributed by atoms with E-state index >= 15 is 0 Å². The lowest BCUT2D eigenvalue weighted by molar-refractivity contribution is -0.137. The van der Waals surface area contributed by atoms with E-state index in [2.05, 4.69) is 10.2 Å². The fraction of sp³-hybridized carbons (Fsp3) is 0.917. The van der Waals surface area contributed by atoms with E-state index in [1.54, 1.807) is 0 Å². The second-order valence-electron chi connectivity index (χ2n) is 5.35. The largest absolute Gasteiger partial charge is 0.381 e. The highest BCUT2D eigenvalue weighted by atomic mass is 16.5. The predicted octanol–water partition coefficient (Wildman–Crippen LogP) is 0.376. The minimum Gasteiger partial charge on any atom is -0.381 e. The van der Waals surface area contributed by atoms with Crippen LogP contribution in [-0.4, -0.2) is 49.2 Å². The van der Waals surface area contributed by atoms with Crippen molar-refractivity contribution >= 4 is 5.91 Å². The van der Waals surface area contributed by atoms with Gasteiger partial charge in [0.1, 0.15) is 0 Å². The molecule has 1 amide bonds. The van der Waals surface area contributed by atoms with Crippen LogP contribution in [0.25, 0.3) is 0 Å². The molecule has 2 unspecified atom stereocenters. The number of hydrogen-bond donors (Lipinski definition) is 1. The summed E-state index contributed by atoms with van der Waals surface area (Å²) in [4.78, 5) is 14.2. The van der Waals surface area contributed by atoms with Crippen LogP contribution in [0.5, 0.6) is 0 Å². The van der Waals surface area contributed by atoms with Crippen LogP contribution in [0.4, 0.5) is 0 Å². The summed E-state index contributed by atoms with van der Waals surface area (Å²) in [5, 5.41) is 3.45. The molecule has 0 aromatic heterocycles. The molecule has 4 fully saturated rings. The van der Waals surface area contributed by atoms with Crippen LogP contribution in [0.2, 0.25) is 0 Å². The highest BCUT2D eigenvalue weighted by Crippen LogP contribution is 2.24. The van der Waals surface area contributed by atoms with Crippen molar-refractivity contribution in [3.05, 3.63) is 0 Å². The zero-order valence-corrected chi connectivity index (χ0v) is 9.65. The number of rotatable bonds is 2. The summed E-state index contributed by atoms with van der Waals surface area (Å²) in [5.41, 5.74) is 0. The normalized spacial score (nSPS) is 34.6. The molecule has 2 bridgehead atoms. The molecular formula is C12H20N2O2. The number of nitrogens with one attached hydrogen (secondary N) is 1. The molecule has 4 saturated heterocycles. The Morgan fingerprint density at radius 1 is 1.25 bits per heavy atom. The lowest BCUT2D eigenvalue weighted by atomic mass is 9.90. The summed E-state index contributed by atoms with van der Waals surface area (Å²) in [7, 11) is 0. The quantitative estimate of drug-likeness (QED) is 0.737. The lowest BCUT2D eigenvalue weighted by Crippen LogP contribution is -2.67. The van der Waals surface area contributed by atoms with E-state index in [4.69, 9.17) is 4.74 Å². The Kier molecular flexibility index (Phi) is 2.86. The third kappa shape index (κ3) is 2.09. The fourth-order valence-corrected chi connectivity index (χ4v) is 3.04. The maximum atomic E-state index is 12.1. The van der Waals surface area contributed by atoms with E-state index < -0.39 is 0 Å². The van der Waals surface area contributed by atoms with E-state index in [1.807, 2.05) is 0 Å². The average molecular weight is 224 g/mol. The molecule has 0 spiro atoms. The average Bonchev–Trinajstić information content (AvgIpc) is 2.29. The van der Waals surface area contributed by atoms with Crippen molar-refractivity contribution < 1.29 is 9.53 Å². The minimum absolute atomic E-state index is 0.364. The Labute approximate surface area is 96.3 Å². The first-order valence-corrected chi connectivity index (χ1v) is 6.43. The van der Waals surface area contributed by atoms with Crippen molar-refractivity contribution in [1.29, 1.82) is 0 Å². The van der Waals surface area contributed by atoms with Gasteiger partial charge >= 0.3 is 0 Å². The van der Waals surface area contributed by atoms with Gasteiger partial charge in [0, 0.05) is 44.8 Å². The molecule has 4 rings (SSSR count). The van der Waals surface area contributed by atoms with Crippen LogP contribution in [0, 0.1) is 5.92 Å². The Morgan fingerprint density at radius 2 is 1.88 bits per heavy atom. The van der Waals surface area contributed by atoms with Gasteiger partial charge in [-0.15, -0.1) is 0 Å². The molecule has 4 nitrogen and oxygen atoms in total. The summed E-state index contributed by atoms with van der Waals surface area (Å²) >= 11 is 0.